The molecule has 1 heterocycles. The molecule has 0 saturated carbocycles. The van der Waals surface area contributed by atoms with E-state index in [9.17, 15) is 9.59 Å². The Morgan fingerprint density at radius 1 is 1.30 bits per heavy atom. The van der Waals surface area contributed by atoms with Crippen LogP contribution in [-0.2, 0) is 4.79 Å². The Labute approximate surface area is 117 Å². The van der Waals surface area contributed by atoms with E-state index in [4.69, 9.17) is 0 Å². The third-order valence-electron chi connectivity index (χ3n) is 3.15. The molecule has 1 aromatic heterocycles. The van der Waals surface area contributed by atoms with Crippen LogP contribution in [0.1, 0.15) is 6.42 Å². The fourth-order valence-corrected chi connectivity index (χ4v) is 2.15. The summed E-state index contributed by atoms with van der Waals surface area (Å²) in [4.78, 5) is 25.4. The molecular formula is C15H19N3O2. The van der Waals surface area contributed by atoms with Gasteiger partial charge in [0.15, 0.2) is 5.43 Å². The number of hydrogen-bond acceptors (Lipinski definition) is 4. The van der Waals surface area contributed by atoms with E-state index in [1.54, 1.807) is 18.2 Å². The molecule has 0 saturated heterocycles. The van der Waals surface area contributed by atoms with Crippen LogP contribution in [-0.4, -0.2) is 43.1 Å². The molecular weight excluding hydrogens is 254 g/mol. The number of nitrogens with zero attached hydrogens (tertiary/aromatic N) is 2. The van der Waals surface area contributed by atoms with E-state index in [1.165, 1.54) is 10.6 Å². The number of rotatable bonds is 6. The first kappa shape index (κ1) is 14.3. The van der Waals surface area contributed by atoms with Crippen LogP contribution >= 0.6 is 0 Å². The Hall–Kier alpha value is -2.14. The fraction of sp³-hybridized carbons (Fsp3) is 0.333. The predicted molar refractivity (Wildman–Crippen MR) is 82.0 cm³/mol. The van der Waals surface area contributed by atoms with Crippen molar-refractivity contribution < 1.29 is 4.79 Å². The summed E-state index contributed by atoms with van der Waals surface area (Å²) in [6, 6.07) is 8.59. The van der Waals surface area contributed by atoms with Gasteiger partial charge in [-0.05, 0) is 39.2 Å². The maximum absolute atomic E-state index is 12.0. The number of hydrogen-bond donors (Lipinski definition) is 1. The van der Waals surface area contributed by atoms with Gasteiger partial charge in [0, 0.05) is 18.0 Å². The second-order valence-corrected chi connectivity index (χ2v) is 4.97. The lowest BCUT2D eigenvalue weighted by molar-refractivity contribution is 0.405. The monoisotopic (exact) mass is 273 g/mol. The number of aromatic nitrogens is 1. The van der Waals surface area contributed by atoms with E-state index in [0.717, 1.165) is 19.4 Å². The van der Waals surface area contributed by atoms with Crippen LogP contribution in [0.3, 0.4) is 0 Å². The Bertz CT molecular complexity index is 662. The van der Waals surface area contributed by atoms with Gasteiger partial charge in [-0.2, -0.15) is 0 Å². The van der Waals surface area contributed by atoms with Crippen LogP contribution in [0.4, 0.5) is 5.82 Å². The molecule has 1 aromatic carbocycles. The average Bonchev–Trinajstić information content (AvgIpc) is 2.44. The maximum Gasteiger partial charge on any atom is 0.219 e. The average molecular weight is 273 g/mol. The van der Waals surface area contributed by atoms with Crippen LogP contribution < -0.4 is 10.7 Å². The minimum Gasteiger partial charge on any atom is -0.371 e. The second kappa shape index (κ2) is 6.34. The number of carbonyl (C=O) groups excluding carboxylic acids is 1. The Morgan fingerprint density at radius 3 is 2.75 bits per heavy atom. The lowest BCUT2D eigenvalue weighted by Gasteiger charge is -2.14. The van der Waals surface area contributed by atoms with Crippen molar-refractivity contribution in [3.63, 3.8) is 0 Å². The van der Waals surface area contributed by atoms with Gasteiger partial charge in [-0.1, -0.05) is 12.1 Å². The number of carbonyl (C=O) groups is 1. The number of para-hydroxylation sites is 1. The Morgan fingerprint density at radius 2 is 2.05 bits per heavy atom. The molecule has 1 N–H and O–H groups in total. The summed E-state index contributed by atoms with van der Waals surface area (Å²) in [5.41, 5.74) is 0.555. The lowest BCUT2D eigenvalue weighted by Crippen LogP contribution is -2.19. The van der Waals surface area contributed by atoms with Crippen molar-refractivity contribution in [1.82, 2.24) is 9.47 Å². The van der Waals surface area contributed by atoms with Crippen molar-refractivity contribution in [3.05, 3.63) is 40.6 Å². The molecule has 0 fully saturated rings. The van der Waals surface area contributed by atoms with E-state index in [2.05, 4.69) is 10.2 Å². The molecule has 2 aromatic rings. The highest BCUT2D eigenvalue weighted by atomic mass is 16.1. The fourth-order valence-electron chi connectivity index (χ4n) is 2.15. The third kappa shape index (κ3) is 3.05. The highest BCUT2D eigenvalue weighted by molar-refractivity contribution is 5.87. The number of fused-ring (bicyclic) bond motifs is 1. The summed E-state index contributed by atoms with van der Waals surface area (Å²) in [6.45, 7) is 1.66. The van der Waals surface area contributed by atoms with Gasteiger partial charge in [-0.3, -0.25) is 14.2 Å². The van der Waals surface area contributed by atoms with E-state index < -0.39 is 0 Å². The van der Waals surface area contributed by atoms with Crippen molar-refractivity contribution in [2.45, 2.75) is 6.42 Å². The van der Waals surface area contributed by atoms with Gasteiger partial charge in [-0.15, -0.1) is 0 Å². The molecule has 0 bridgehead atoms. The minimum atomic E-state index is -0.0752. The maximum atomic E-state index is 12.0. The summed E-state index contributed by atoms with van der Waals surface area (Å²) in [5.74, 6) is 0.544. The SMILES string of the molecule is CN(C)CCCNc1cc(=O)c2ccccc2n1C=O. The van der Waals surface area contributed by atoms with Crippen LogP contribution in [0.25, 0.3) is 10.9 Å². The standard InChI is InChI=1S/C15H19N3O2/c1-17(2)9-5-8-16-15-10-14(20)12-6-3-4-7-13(12)18(15)11-19/h3-4,6-7,10-11,16H,5,8-9H2,1-2H3. The molecule has 0 spiro atoms. The summed E-state index contributed by atoms with van der Waals surface area (Å²) in [7, 11) is 4.02. The molecule has 0 radical (unpaired) electrons. The van der Waals surface area contributed by atoms with Gasteiger partial charge in [0.1, 0.15) is 5.82 Å². The molecule has 0 aliphatic heterocycles. The van der Waals surface area contributed by atoms with Gasteiger partial charge in [0.05, 0.1) is 5.52 Å². The molecule has 0 amide bonds. The van der Waals surface area contributed by atoms with Gasteiger partial charge in [-0.25, -0.2) is 0 Å². The summed E-state index contributed by atoms with van der Waals surface area (Å²) in [5, 5.41) is 3.71. The largest absolute Gasteiger partial charge is 0.371 e. The van der Waals surface area contributed by atoms with Crippen molar-refractivity contribution in [1.29, 1.82) is 0 Å². The zero-order chi connectivity index (χ0) is 14.5. The zero-order valence-corrected chi connectivity index (χ0v) is 11.8. The molecule has 5 nitrogen and oxygen atoms in total. The Kier molecular flexibility index (Phi) is 4.53. The summed E-state index contributed by atoms with van der Waals surface area (Å²) < 4.78 is 1.48. The van der Waals surface area contributed by atoms with Crippen LogP contribution in [0.5, 0.6) is 0 Å². The van der Waals surface area contributed by atoms with E-state index in [0.29, 0.717) is 23.3 Å². The normalized spacial score (nSPS) is 10.9. The van der Waals surface area contributed by atoms with Gasteiger partial charge in [0.25, 0.3) is 0 Å². The van der Waals surface area contributed by atoms with Gasteiger partial charge >= 0.3 is 0 Å². The lowest BCUT2D eigenvalue weighted by atomic mass is 10.2. The zero-order valence-electron chi connectivity index (χ0n) is 11.8. The molecule has 20 heavy (non-hydrogen) atoms. The van der Waals surface area contributed by atoms with E-state index in [-0.39, 0.29) is 5.43 Å². The Balaban J connectivity index is 2.29. The van der Waals surface area contributed by atoms with E-state index in [1.807, 2.05) is 20.2 Å². The van der Waals surface area contributed by atoms with Crippen molar-refractivity contribution in [3.8, 4) is 0 Å². The molecule has 0 aliphatic rings. The predicted octanol–water partition coefficient (Wildman–Crippen LogP) is 1.40. The molecule has 5 heteroatoms. The molecule has 0 aliphatic carbocycles. The number of benzene rings is 1. The number of anilines is 1. The van der Waals surface area contributed by atoms with Gasteiger partial charge in [0.2, 0.25) is 6.41 Å². The molecule has 0 unspecified atom stereocenters. The second-order valence-electron chi connectivity index (χ2n) is 4.97. The minimum absolute atomic E-state index is 0.0752. The summed E-state index contributed by atoms with van der Waals surface area (Å²) in [6.07, 6.45) is 1.67. The van der Waals surface area contributed by atoms with Crippen LogP contribution in [0.15, 0.2) is 35.1 Å². The summed E-state index contributed by atoms with van der Waals surface area (Å²) >= 11 is 0. The first-order valence-corrected chi connectivity index (χ1v) is 6.61. The highest BCUT2D eigenvalue weighted by Crippen LogP contribution is 2.14. The van der Waals surface area contributed by atoms with Crippen molar-refractivity contribution in [2.75, 3.05) is 32.5 Å². The first-order valence-electron chi connectivity index (χ1n) is 6.61. The highest BCUT2D eigenvalue weighted by Gasteiger charge is 2.07. The number of nitrogens with one attached hydrogen (secondary N) is 1. The first-order chi connectivity index (χ1) is 9.63. The van der Waals surface area contributed by atoms with Crippen LogP contribution in [0, 0.1) is 0 Å². The van der Waals surface area contributed by atoms with Crippen molar-refractivity contribution in [2.24, 2.45) is 0 Å². The molecule has 106 valence electrons. The topological polar surface area (TPSA) is 54.3 Å². The van der Waals surface area contributed by atoms with Crippen molar-refractivity contribution >= 4 is 23.1 Å². The van der Waals surface area contributed by atoms with Crippen LogP contribution in [0.2, 0.25) is 0 Å². The quantitative estimate of drug-likeness (QED) is 0.638. The van der Waals surface area contributed by atoms with Gasteiger partial charge < -0.3 is 10.2 Å². The van der Waals surface area contributed by atoms with E-state index >= 15 is 0 Å². The molecule has 0 atom stereocenters. The molecule has 2 rings (SSSR count). The smallest absolute Gasteiger partial charge is 0.219 e. The number of pyridine rings is 1. The third-order valence-corrected chi connectivity index (χ3v) is 3.15.